The van der Waals surface area contributed by atoms with E-state index in [1.807, 2.05) is 10.3 Å². The largest absolute Gasteiger partial charge is 0.379 e. The molecule has 1 fully saturated rings. The molecule has 3 rings (SSSR count). The van der Waals surface area contributed by atoms with E-state index >= 15 is 0 Å². The predicted molar refractivity (Wildman–Crippen MR) is 94.2 cm³/mol. The maximum absolute atomic E-state index is 12.5. The molecule has 2 heterocycles. The Labute approximate surface area is 144 Å². The number of anilines is 1. The Morgan fingerprint density at radius 1 is 1.38 bits per heavy atom. The fourth-order valence-electron chi connectivity index (χ4n) is 3.11. The molecule has 2 aromatic rings. The lowest BCUT2D eigenvalue weighted by Gasteiger charge is -2.24. The lowest BCUT2D eigenvalue weighted by Crippen LogP contribution is -2.31. The molecule has 1 N–H and O–H groups in total. The summed E-state index contributed by atoms with van der Waals surface area (Å²) in [5, 5.41) is 18.1. The lowest BCUT2D eigenvalue weighted by molar-refractivity contribution is -0.384. The van der Waals surface area contributed by atoms with Gasteiger partial charge >= 0.3 is 0 Å². The highest BCUT2D eigenvalue weighted by Gasteiger charge is 2.29. The Morgan fingerprint density at radius 3 is 2.96 bits per heavy atom. The Balaban J connectivity index is 1.57. The molecule has 0 radical (unpaired) electrons. The molecule has 0 bridgehead atoms. The van der Waals surface area contributed by atoms with Crippen LogP contribution in [0.2, 0.25) is 0 Å². The SMILES string of the molecule is O=C(CCNc1ccccc1[N+](=O)[O-])N1CCC[C@@H]1c1ccsc1. The van der Waals surface area contributed by atoms with Gasteiger partial charge in [-0.2, -0.15) is 11.3 Å². The number of nitrogens with zero attached hydrogens (tertiary/aromatic N) is 2. The minimum absolute atomic E-state index is 0.0299. The molecule has 1 aliphatic rings. The zero-order valence-corrected chi connectivity index (χ0v) is 14.0. The first-order valence-electron chi connectivity index (χ1n) is 7.95. The van der Waals surface area contributed by atoms with Crippen molar-refractivity contribution in [3.8, 4) is 0 Å². The second-order valence-corrected chi connectivity index (χ2v) is 6.53. The van der Waals surface area contributed by atoms with Crippen LogP contribution in [0.25, 0.3) is 0 Å². The van der Waals surface area contributed by atoms with Crippen LogP contribution >= 0.6 is 11.3 Å². The van der Waals surface area contributed by atoms with Crippen LogP contribution in [0, 0.1) is 10.1 Å². The third kappa shape index (κ3) is 3.56. The molecule has 1 atom stereocenters. The van der Waals surface area contributed by atoms with Crippen molar-refractivity contribution < 1.29 is 9.72 Å². The number of hydrogen-bond acceptors (Lipinski definition) is 5. The fourth-order valence-corrected chi connectivity index (χ4v) is 3.81. The quantitative estimate of drug-likeness (QED) is 0.638. The van der Waals surface area contributed by atoms with Gasteiger partial charge in [-0.1, -0.05) is 12.1 Å². The van der Waals surface area contributed by atoms with E-state index in [4.69, 9.17) is 0 Å². The molecule has 24 heavy (non-hydrogen) atoms. The Morgan fingerprint density at radius 2 is 2.21 bits per heavy atom. The molecule has 6 nitrogen and oxygen atoms in total. The molecule has 1 aliphatic heterocycles. The molecule has 126 valence electrons. The highest BCUT2D eigenvalue weighted by molar-refractivity contribution is 7.07. The third-order valence-electron chi connectivity index (χ3n) is 4.26. The molecule has 1 aromatic carbocycles. The zero-order valence-electron chi connectivity index (χ0n) is 13.2. The van der Waals surface area contributed by atoms with E-state index in [9.17, 15) is 14.9 Å². The van der Waals surface area contributed by atoms with Gasteiger partial charge in [0, 0.05) is 25.6 Å². The number of likely N-dealkylation sites (tertiary alicyclic amines) is 1. The summed E-state index contributed by atoms with van der Waals surface area (Å²) in [5.74, 6) is 0.0924. The number of rotatable bonds is 6. The van der Waals surface area contributed by atoms with Gasteiger partial charge in [0.25, 0.3) is 5.69 Å². The van der Waals surface area contributed by atoms with E-state index in [0.29, 0.717) is 18.7 Å². The zero-order chi connectivity index (χ0) is 16.9. The topological polar surface area (TPSA) is 75.5 Å². The van der Waals surface area contributed by atoms with Crippen molar-refractivity contribution in [2.24, 2.45) is 0 Å². The van der Waals surface area contributed by atoms with E-state index in [2.05, 4.69) is 16.8 Å². The monoisotopic (exact) mass is 345 g/mol. The normalized spacial score (nSPS) is 17.0. The number of benzene rings is 1. The second-order valence-electron chi connectivity index (χ2n) is 5.75. The van der Waals surface area contributed by atoms with Crippen molar-refractivity contribution in [3.63, 3.8) is 0 Å². The van der Waals surface area contributed by atoms with Gasteiger partial charge in [-0.3, -0.25) is 14.9 Å². The number of thiophene rings is 1. The Kier molecular flexibility index (Phi) is 5.10. The smallest absolute Gasteiger partial charge is 0.292 e. The summed E-state index contributed by atoms with van der Waals surface area (Å²) in [7, 11) is 0. The van der Waals surface area contributed by atoms with Gasteiger partial charge in [0.05, 0.1) is 11.0 Å². The summed E-state index contributed by atoms with van der Waals surface area (Å²) in [6, 6.07) is 8.74. The number of nitrogens with one attached hydrogen (secondary N) is 1. The average Bonchev–Trinajstić information content (AvgIpc) is 3.26. The van der Waals surface area contributed by atoms with E-state index in [0.717, 1.165) is 19.4 Å². The number of carbonyl (C=O) groups is 1. The van der Waals surface area contributed by atoms with Crippen molar-refractivity contribution in [3.05, 3.63) is 56.8 Å². The van der Waals surface area contributed by atoms with Crippen LogP contribution in [0.1, 0.15) is 30.9 Å². The van der Waals surface area contributed by atoms with Crippen molar-refractivity contribution in [1.82, 2.24) is 4.90 Å². The second kappa shape index (κ2) is 7.44. The van der Waals surface area contributed by atoms with Gasteiger partial charge in [-0.05, 0) is 41.3 Å². The summed E-state index contributed by atoms with van der Waals surface area (Å²) in [4.78, 5) is 25.0. The number of nitro benzene ring substituents is 1. The van der Waals surface area contributed by atoms with Crippen LogP contribution < -0.4 is 5.32 Å². The summed E-state index contributed by atoms with van der Waals surface area (Å²) in [6.07, 6.45) is 2.34. The molecule has 0 spiro atoms. The van der Waals surface area contributed by atoms with Crippen LogP contribution in [-0.2, 0) is 4.79 Å². The van der Waals surface area contributed by atoms with Gasteiger partial charge in [0.15, 0.2) is 0 Å². The molecule has 7 heteroatoms. The summed E-state index contributed by atoms with van der Waals surface area (Å²) in [6.45, 7) is 1.17. The average molecular weight is 345 g/mol. The van der Waals surface area contributed by atoms with E-state index in [-0.39, 0.29) is 17.6 Å². The molecule has 1 saturated heterocycles. The van der Waals surface area contributed by atoms with Gasteiger partial charge in [0.1, 0.15) is 5.69 Å². The standard InChI is InChI=1S/C17H19N3O3S/c21-17(19-10-3-6-15(19)13-8-11-24-12-13)7-9-18-14-4-1-2-5-16(14)20(22)23/h1-2,4-5,8,11-12,15,18H,3,6-7,9-10H2/t15-/m1/s1. The summed E-state index contributed by atoms with van der Waals surface area (Å²) >= 11 is 1.65. The fraction of sp³-hybridized carbons (Fsp3) is 0.353. The molecule has 1 aromatic heterocycles. The maximum atomic E-state index is 12.5. The summed E-state index contributed by atoms with van der Waals surface area (Å²) in [5.41, 5.74) is 1.69. The van der Waals surface area contributed by atoms with E-state index in [1.54, 1.807) is 29.5 Å². The Bertz CT molecular complexity index is 718. The molecular weight excluding hydrogens is 326 g/mol. The van der Waals surface area contributed by atoms with Crippen molar-refractivity contribution in [2.45, 2.75) is 25.3 Å². The number of amides is 1. The van der Waals surface area contributed by atoms with Crippen molar-refractivity contribution >= 4 is 28.6 Å². The number of nitro groups is 1. The minimum Gasteiger partial charge on any atom is -0.379 e. The van der Waals surface area contributed by atoms with Crippen LogP contribution in [0.4, 0.5) is 11.4 Å². The van der Waals surface area contributed by atoms with Crippen LogP contribution in [-0.4, -0.2) is 28.8 Å². The third-order valence-corrected chi connectivity index (χ3v) is 4.96. The first kappa shape index (κ1) is 16.4. The van der Waals surface area contributed by atoms with Gasteiger partial charge in [0.2, 0.25) is 5.91 Å². The van der Waals surface area contributed by atoms with Gasteiger partial charge in [-0.25, -0.2) is 0 Å². The lowest BCUT2D eigenvalue weighted by atomic mass is 10.1. The first-order valence-corrected chi connectivity index (χ1v) is 8.90. The summed E-state index contributed by atoms with van der Waals surface area (Å²) < 4.78 is 0. The molecule has 0 saturated carbocycles. The maximum Gasteiger partial charge on any atom is 0.292 e. The van der Waals surface area contributed by atoms with Crippen molar-refractivity contribution in [2.75, 3.05) is 18.4 Å². The molecule has 1 amide bonds. The highest BCUT2D eigenvalue weighted by atomic mass is 32.1. The Hall–Kier alpha value is -2.41. The van der Waals surface area contributed by atoms with E-state index < -0.39 is 4.92 Å². The van der Waals surface area contributed by atoms with Gasteiger partial charge in [-0.15, -0.1) is 0 Å². The predicted octanol–water partition coefficient (Wildman–Crippen LogP) is 3.82. The van der Waals surface area contributed by atoms with E-state index in [1.165, 1.54) is 11.6 Å². The number of carbonyl (C=O) groups excluding carboxylic acids is 1. The van der Waals surface area contributed by atoms with Gasteiger partial charge < -0.3 is 10.2 Å². The van der Waals surface area contributed by atoms with Crippen LogP contribution in [0.5, 0.6) is 0 Å². The minimum atomic E-state index is -0.419. The molecular formula is C17H19N3O3S. The number of para-hydroxylation sites is 2. The molecule has 0 unspecified atom stereocenters. The van der Waals surface area contributed by atoms with Crippen LogP contribution in [0.3, 0.4) is 0 Å². The van der Waals surface area contributed by atoms with Crippen molar-refractivity contribution in [1.29, 1.82) is 0 Å². The van der Waals surface area contributed by atoms with Crippen LogP contribution in [0.15, 0.2) is 41.1 Å². The first-order chi connectivity index (χ1) is 11.7. The highest BCUT2D eigenvalue weighted by Crippen LogP contribution is 2.33. The molecule has 0 aliphatic carbocycles. The number of hydrogen-bond donors (Lipinski definition) is 1.